The molecule has 2 aliphatic rings. The number of hydrogen-bond acceptors (Lipinski definition) is 1. The molecule has 2 heteroatoms. The predicted octanol–water partition coefficient (Wildman–Crippen LogP) is 3.58. The number of amides is 1. The van der Waals surface area contributed by atoms with Gasteiger partial charge in [0, 0.05) is 12.7 Å². The highest BCUT2D eigenvalue weighted by Gasteiger charge is 2.43. The van der Waals surface area contributed by atoms with E-state index in [0.29, 0.717) is 18.3 Å². The number of rotatable bonds is 1. The number of hydrogen-bond donors (Lipinski definition) is 0. The van der Waals surface area contributed by atoms with Crippen LogP contribution in [0.1, 0.15) is 53.4 Å². The zero-order chi connectivity index (χ0) is 12.8. The maximum Gasteiger partial charge on any atom is 0.230 e. The van der Waals surface area contributed by atoms with Gasteiger partial charge < -0.3 is 4.90 Å². The summed E-state index contributed by atoms with van der Waals surface area (Å²) in [6.07, 6.45) is 4.26. The van der Waals surface area contributed by atoms with E-state index in [4.69, 9.17) is 0 Å². The molecule has 0 aromatic rings. The predicted molar refractivity (Wildman–Crippen MR) is 70.4 cm³/mol. The standard InChI is InChI=1S/C15H25NO/c1-10(2)11-7-6-8-13-12(15(11,3)4)9-14(17)16(13)5/h10-11H,6-9H2,1-5H3. The fraction of sp³-hybridized carbons (Fsp3) is 0.800. The highest BCUT2D eigenvalue weighted by atomic mass is 16.2. The smallest absolute Gasteiger partial charge is 0.230 e. The molecule has 0 N–H and O–H groups in total. The fourth-order valence-electron chi connectivity index (χ4n) is 3.88. The van der Waals surface area contributed by atoms with Crippen LogP contribution in [0, 0.1) is 17.3 Å². The summed E-state index contributed by atoms with van der Waals surface area (Å²) >= 11 is 0. The second-order valence-corrected chi connectivity index (χ2v) is 6.52. The minimum absolute atomic E-state index is 0.181. The highest BCUT2D eigenvalue weighted by molar-refractivity contribution is 5.84. The molecule has 0 saturated carbocycles. The van der Waals surface area contributed by atoms with Gasteiger partial charge in [-0.25, -0.2) is 0 Å². The SMILES string of the molecule is CC(C)C1CCCC2=C(CC(=O)N2C)C1(C)C. The lowest BCUT2D eigenvalue weighted by Gasteiger charge is -2.37. The zero-order valence-corrected chi connectivity index (χ0v) is 11.8. The van der Waals surface area contributed by atoms with Gasteiger partial charge in [0.1, 0.15) is 0 Å². The third-order valence-corrected chi connectivity index (χ3v) is 4.89. The first-order valence-electron chi connectivity index (χ1n) is 6.84. The Bertz CT molecular complexity index is 365. The summed E-state index contributed by atoms with van der Waals surface area (Å²) in [6.45, 7) is 9.31. The molecule has 2 nitrogen and oxygen atoms in total. The molecular weight excluding hydrogens is 210 g/mol. The van der Waals surface area contributed by atoms with E-state index < -0.39 is 0 Å². The first-order valence-corrected chi connectivity index (χ1v) is 6.84. The number of carbonyl (C=O) groups is 1. The summed E-state index contributed by atoms with van der Waals surface area (Å²) in [5, 5.41) is 0. The molecule has 1 unspecified atom stereocenters. The topological polar surface area (TPSA) is 20.3 Å². The molecule has 0 bridgehead atoms. The molecular formula is C15H25NO. The van der Waals surface area contributed by atoms with Gasteiger partial charge in [0.05, 0.1) is 6.42 Å². The summed E-state index contributed by atoms with van der Waals surface area (Å²) in [6, 6.07) is 0. The Morgan fingerprint density at radius 2 is 2.00 bits per heavy atom. The van der Waals surface area contributed by atoms with E-state index in [1.54, 1.807) is 0 Å². The van der Waals surface area contributed by atoms with Gasteiger partial charge in [-0.05, 0) is 42.1 Å². The molecule has 0 fully saturated rings. The molecule has 1 amide bonds. The quantitative estimate of drug-likeness (QED) is 0.680. The summed E-state index contributed by atoms with van der Waals surface area (Å²) < 4.78 is 0. The van der Waals surface area contributed by atoms with Crippen molar-refractivity contribution >= 4 is 5.91 Å². The van der Waals surface area contributed by atoms with Crippen LogP contribution in [0.25, 0.3) is 0 Å². The molecule has 1 aliphatic carbocycles. The first-order chi connectivity index (χ1) is 7.85. The third kappa shape index (κ3) is 1.92. The van der Waals surface area contributed by atoms with Gasteiger partial charge in [-0.15, -0.1) is 0 Å². The van der Waals surface area contributed by atoms with E-state index in [1.165, 1.54) is 24.1 Å². The number of carbonyl (C=O) groups excluding carboxylic acids is 1. The van der Waals surface area contributed by atoms with Crippen molar-refractivity contribution in [2.75, 3.05) is 7.05 Å². The zero-order valence-electron chi connectivity index (χ0n) is 11.8. The normalized spacial score (nSPS) is 28.7. The van der Waals surface area contributed by atoms with E-state index in [9.17, 15) is 4.79 Å². The van der Waals surface area contributed by atoms with Gasteiger partial charge in [-0.2, -0.15) is 0 Å². The average Bonchev–Trinajstić information content (AvgIpc) is 2.42. The van der Waals surface area contributed by atoms with Crippen molar-refractivity contribution < 1.29 is 4.79 Å². The summed E-state index contributed by atoms with van der Waals surface area (Å²) in [5.41, 5.74) is 2.92. The average molecular weight is 235 g/mol. The molecule has 0 aromatic carbocycles. The molecule has 0 aromatic heterocycles. The minimum atomic E-state index is 0.181. The highest BCUT2D eigenvalue weighted by Crippen LogP contribution is 2.50. The van der Waals surface area contributed by atoms with Crippen molar-refractivity contribution in [1.29, 1.82) is 0 Å². The third-order valence-electron chi connectivity index (χ3n) is 4.89. The van der Waals surface area contributed by atoms with E-state index in [1.807, 2.05) is 11.9 Å². The maximum absolute atomic E-state index is 11.9. The van der Waals surface area contributed by atoms with Gasteiger partial charge in [0.25, 0.3) is 0 Å². The van der Waals surface area contributed by atoms with Crippen molar-refractivity contribution in [2.24, 2.45) is 17.3 Å². The summed E-state index contributed by atoms with van der Waals surface area (Å²) in [4.78, 5) is 13.8. The maximum atomic E-state index is 11.9. The summed E-state index contributed by atoms with van der Waals surface area (Å²) in [7, 11) is 1.94. The second-order valence-electron chi connectivity index (χ2n) is 6.52. The van der Waals surface area contributed by atoms with Crippen LogP contribution in [0.15, 0.2) is 11.3 Å². The second kappa shape index (κ2) is 4.15. The lowest BCUT2D eigenvalue weighted by atomic mass is 9.67. The van der Waals surface area contributed by atoms with Crippen LogP contribution in [0.4, 0.5) is 0 Å². The fourth-order valence-corrected chi connectivity index (χ4v) is 3.88. The van der Waals surface area contributed by atoms with Crippen LogP contribution in [0.3, 0.4) is 0 Å². The van der Waals surface area contributed by atoms with Crippen LogP contribution in [0.5, 0.6) is 0 Å². The van der Waals surface area contributed by atoms with Crippen LogP contribution in [0.2, 0.25) is 0 Å². The van der Waals surface area contributed by atoms with E-state index in [0.717, 1.165) is 6.42 Å². The van der Waals surface area contributed by atoms with Gasteiger partial charge in [-0.1, -0.05) is 27.7 Å². The molecule has 96 valence electrons. The molecule has 0 spiro atoms. The Hall–Kier alpha value is -0.790. The van der Waals surface area contributed by atoms with E-state index >= 15 is 0 Å². The van der Waals surface area contributed by atoms with Crippen molar-refractivity contribution in [3.05, 3.63) is 11.3 Å². The van der Waals surface area contributed by atoms with Crippen LogP contribution < -0.4 is 0 Å². The van der Waals surface area contributed by atoms with Crippen LogP contribution in [-0.4, -0.2) is 17.9 Å². The lowest BCUT2D eigenvalue weighted by molar-refractivity contribution is -0.126. The van der Waals surface area contributed by atoms with Crippen LogP contribution in [-0.2, 0) is 4.79 Å². The minimum Gasteiger partial charge on any atom is -0.319 e. The Labute approximate surface area is 105 Å². The van der Waals surface area contributed by atoms with Crippen molar-refractivity contribution in [3.63, 3.8) is 0 Å². The molecule has 1 aliphatic heterocycles. The molecule has 0 saturated heterocycles. The Morgan fingerprint density at radius 1 is 1.35 bits per heavy atom. The molecule has 1 atom stereocenters. The Kier molecular flexibility index (Phi) is 3.09. The molecule has 1 heterocycles. The molecule has 0 radical (unpaired) electrons. The van der Waals surface area contributed by atoms with Gasteiger partial charge in [0.15, 0.2) is 0 Å². The summed E-state index contributed by atoms with van der Waals surface area (Å²) in [5.74, 6) is 1.68. The van der Waals surface area contributed by atoms with Crippen LogP contribution >= 0.6 is 0 Å². The number of allylic oxidation sites excluding steroid dienone is 1. The van der Waals surface area contributed by atoms with Gasteiger partial charge in [0.2, 0.25) is 5.91 Å². The molecule has 17 heavy (non-hydrogen) atoms. The molecule has 2 rings (SSSR count). The van der Waals surface area contributed by atoms with Gasteiger partial charge in [-0.3, -0.25) is 4.79 Å². The van der Waals surface area contributed by atoms with Gasteiger partial charge >= 0.3 is 0 Å². The largest absolute Gasteiger partial charge is 0.319 e. The Balaban J connectivity index is 2.41. The van der Waals surface area contributed by atoms with Crippen molar-refractivity contribution in [1.82, 2.24) is 4.90 Å². The van der Waals surface area contributed by atoms with Crippen molar-refractivity contribution in [2.45, 2.75) is 53.4 Å². The monoisotopic (exact) mass is 235 g/mol. The van der Waals surface area contributed by atoms with Crippen molar-refractivity contribution in [3.8, 4) is 0 Å². The van der Waals surface area contributed by atoms with E-state index in [-0.39, 0.29) is 11.3 Å². The first kappa shape index (κ1) is 12.7. The Morgan fingerprint density at radius 3 is 2.59 bits per heavy atom. The van der Waals surface area contributed by atoms with E-state index in [2.05, 4.69) is 27.7 Å². The lowest BCUT2D eigenvalue weighted by Crippen LogP contribution is -2.29. The number of nitrogens with zero attached hydrogens (tertiary/aromatic N) is 1.